The lowest BCUT2D eigenvalue weighted by molar-refractivity contribution is -0.384. The van der Waals surface area contributed by atoms with Crippen molar-refractivity contribution in [3.8, 4) is 5.75 Å². The molecule has 1 aromatic carbocycles. The molecule has 0 aliphatic carbocycles. The normalized spacial score (nSPS) is 17.2. The fraction of sp³-hybridized carbons (Fsp3) is 0.182. The molecule has 1 aliphatic heterocycles. The number of aromatic hydroxyl groups is 1. The fourth-order valence-electron chi connectivity index (χ4n) is 1.42. The average molecular weight is 250 g/mol. The van der Waals surface area contributed by atoms with Crippen LogP contribution in [0.2, 0.25) is 0 Å². The number of benzene rings is 1. The quantitative estimate of drug-likeness (QED) is 0.645. The van der Waals surface area contributed by atoms with E-state index in [4.69, 9.17) is 0 Å². The van der Waals surface area contributed by atoms with Crippen LogP contribution in [0.3, 0.4) is 0 Å². The number of thioether (sulfide) groups is 1. The number of phenols is 1. The number of rotatable bonds is 2. The average Bonchev–Trinajstić information content (AvgIpc) is 2.67. The van der Waals surface area contributed by atoms with E-state index in [2.05, 4.69) is 4.99 Å². The summed E-state index contributed by atoms with van der Waals surface area (Å²) in [7, 11) is 0. The summed E-state index contributed by atoms with van der Waals surface area (Å²) in [6, 6.07) is 3.82. The van der Waals surface area contributed by atoms with Gasteiger partial charge in [0.25, 0.3) is 5.69 Å². The van der Waals surface area contributed by atoms with Crippen molar-refractivity contribution in [3.63, 3.8) is 0 Å². The van der Waals surface area contributed by atoms with Crippen LogP contribution in [0, 0.1) is 10.1 Å². The predicted molar refractivity (Wildman–Crippen MR) is 67.8 cm³/mol. The zero-order chi connectivity index (χ0) is 12.4. The molecule has 0 amide bonds. The van der Waals surface area contributed by atoms with Crippen molar-refractivity contribution >= 4 is 28.2 Å². The summed E-state index contributed by atoms with van der Waals surface area (Å²) in [4.78, 5) is 15.5. The number of allylic oxidation sites excluding steroid dienone is 2. The SMILES string of the molecule is CC1=CC/C(=N/c2cc([N+](=O)[O-])ccc2O)S1. The Morgan fingerprint density at radius 3 is 2.88 bits per heavy atom. The van der Waals surface area contributed by atoms with Crippen LogP contribution >= 0.6 is 11.8 Å². The second kappa shape index (κ2) is 4.58. The molecule has 0 bridgehead atoms. The topological polar surface area (TPSA) is 75.7 Å². The van der Waals surface area contributed by atoms with Gasteiger partial charge in [-0.25, -0.2) is 4.99 Å². The molecule has 0 atom stereocenters. The first-order chi connectivity index (χ1) is 8.06. The van der Waals surface area contributed by atoms with E-state index in [0.29, 0.717) is 6.42 Å². The molecule has 0 spiro atoms. The van der Waals surface area contributed by atoms with E-state index in [1.54, 1.807) is 0 Å². The number of hydrogen-bond acceptors (Lipinski definition) is 5. The van der Waals surface area contributed by atoms with E-state index >= 15 is 0 Å². The number of aliphatic imine (C=N–C) groups is 1. The number of nitro benzene ring substituents is 1. The van der Waals surface area contributed by atoms with Crippen molar-refractivity contribution in [3.05, 3.63) is 39.3 Å². The molecule has 6 heteroatoms. The summed E-state index contributed by atoms with van der Waals surface area (Å²) in [5.41, 5.74) is 0.166. The maximum atomic E-state index is 10.6. The Labute approximate surface area is 102 Å². The summed E-state index contributed by atoms with van der Waals surface area (Å²) in [6.07, 6.45) is 2.73. The smallest absolute Gasteiger partial charge is 0.271 e. The maximum Gasteiger partial charge on any atom is 0.271 e. The summed E-state index contributed by atoms with van der Waals surface area (Å²) in [6.45, 7) is 1.97. The van der Waals surface area contributed by atoms with Gasteiger partial charge in [-0.05, 0) is 17.9 Å². The van der Waals surface area contributed by atoms with E-state index in [1.807, 2.05) is 13.0 Å². The lowest BCUT2D eigenvalue weighted by Crippen LogP contribution is -1.88. The predicted octanol–water partition coefficient (Wildman–Crippen LogP) is 3.37. The van der Waals surface area contributed by atoms with Gasteiger partial charge in [0, 0.05) is 18.6 Å². The van der Waals surface area contributed by atoms with Gasteiger partial charge in [-0.1, -0.05) is 17.8 Å². The zero-order valence-corrected chi connectivity index (χ0v) is 9.90. The van der Waals surface area contributed by atoms with Gasteiger partial charge in [-0.2, -0.15) is 0 Å². The first-order valence-electron chi connectivity index (χ1n) is 4.96. The monoisotopic (exact) mass is 250 g/mol. The minimum absolute atomic E-state index is 0.0479. The maximum absolute atomic E-state index is 10.6. The molecular weight excluding hydrogens is 240 g/mol. The van der Waals surface area contributed by atoms with Crippen molar-refractivity contribution in [2.75, 3.05) is 0 Å². The molecule has 1 aliphatic rings. The number of non-ortho nitro benzene ring substituents is 1. The van der Waals surface area contributed by atoms with Crippen molar-refractivity contribution < 1.29 is 10.0 Å². The van der Waals surface area contributed by atoms with Crippen LogP contribution in [0.4, 0.5) is 11.4 Å². The first-order valence-corrected chi connectivity index (χ1v) is 5.77. The van der Waals surface area contributed by atoms with E-state index in [-0.39, 0.29) is 17.1 Å². The Kier molecular flexibility index (Phi) is 3.14. The van der Waals surface area contributed by atoms with Gasteiger partial charge in [0.1, 0.15) is 11.4 Å². The van der Waals surface area contributed by atoms with Crippen LogP contribution < -0.4 is 0 Å². The molecule has 2 rings (SSSR count). The highest BCUT2D eigenvalue weighted by atomic mass is 32.2. The largest absolute Gasteiger partial charge is 0.506 e. The zero-order valence-electron chi connectivity index (χ0n) is 9.08. The third kappa shape index (κ3) is 2.65. The standard InChI is InChI=1S/C11H10N2O3S/c1-7-2-5-11(17-7)12-9-6-8(13(15)16)3-4-10(9)14/h2-4,6,14H,5H2,1H3/b12-11-. The first kappa shape index (κ1) is 11.7. The van der Waals surface area contributed by atoms with Crippen molar-refractivity contribution in [2.24, 2.45) is 4.99 Å². The Morgan fingerprint density at radius 1 is 1.53 bits per heavy atom. The lowest BCUT2D eigenvalue weighted by atomic mass is 10.2. The molecule has 0 fully saturated rings. The molecule has 1 N–H and O–H groups in total. The molecule has 0 aromatic heterocycles. The molecule has 0 saturated carbocycles. The summed E-state index contributed by atoms with van der Waals surface area (Å²) in [5.74, 6) is -0.0479. The molecule has 17 heavy (non-hydrogen) atoms. The van der Waals surface area contributed by atoms with Gasteiger partial charge in [0.05, 0.1) is 9.97 Å². The van der Waals surface area contributed by atoms with Crippen LogP contribution in [0.25, 0.3) is 0 Å². The third-order valence-corrected chi connectivity index (χ3v) is 3.24. The van der Waals surface area contributed by atoms with Crippen LogP contribution in [-0.4, -0.2) is 15.1 Å². The van der Waals surface area contributed by atoms with Crippen LogP contribution in [0.1, 0.15) is 13.3 Å². The minimum Gasteiger partial charge on any atom is -0.506 e. The summed E-state index contributed by atoms with van der Waals surface area (Å²) in [5, 5.41) is 21.0. The molecule has 1 aromatic rings. The lowest BCUT2D eigenvalue weighted by Gasteiger charge is -2.00. The Bertz CT molecular complexity index is 538. The fourth-order valence-corrected chi connectivity index (χ4v) is 2.27. The molecule has 5 nitrogen and oxygen atoms in total. The molecule has 0 radical (unpaired) electrons. The molecule has 1 heterocycles. The van der Waals surface area contributed by atoms with Gasteiger partial charge in [-0.3, -0.25) is 10.1 Å². The van der Waals surface area contributed by atoms with E-state index in [0.717, 1.165) is 9.95 Å². The van der Waals surface area contributed by atoms with Gasteiger partial charge in [0.15, 0.2) is 0 Å². The molecule has 0 saturated heterocycles. The minimum atomic E-state index is -0.506. The van der Waals surface area contributed by atoms with E-state index < -0.39 is 4.92 Å². The molecule has 0 unspecified atom stereocenters. The van der Waals surface area contributed by atoms with Gasteiger partial charge in [0.2, 0.25) is 0 Å². The van der Waals surface area contributed by atoms with Gasteiger partial charge < -0.3 is 5.11 Å². The number of hydrogen-bond donors (Lipinski definition) is 1. The van der Waals surface area contributed by atoms with Crippen LogP contribution in [0.15, 0.2) is 34.2 Å². The second-order valence-corrected chi connectivity index (χ2v) is 4.88. The Balaban J connectivity index is 2.32. The van der Waals surface area contributed by atoms with Gasteiger partial charge in [-0.15, -0.1) is 0 Å². The van der Waals surface area contributed by atoms with Crippen molar-refractivity contribution in [1.82, 2.24) is 0 Å². The molecular formula is C11H10N2O3S. The van der Waals surface area contributed by atoms with E-state index in [9.17, 15) is 15.2 Å². The highest BCUT2D eigenvalue weighted by Gasteiger charge is 2.13. The second-order valence-electron chi connectivity index (χ2n) is 3.56. The van der Waals surface area contributed by atoms with Crippen molar-refractivity contribution in [2.45, 2.75) is 13.3 Å². The Morgan fingerprint density at radius 2 is 2.29 bits per heavy atom. The molecule has 88 valence electrons. The third-order valence-electron chi connectivity index (χ3n) is 2.26. The summed E-state index contributed by atoms with van der Waals surface area (Å²) >= 11 is 1.51. The highest BCUT2D eigenvalue weighted by molar-refractivity contribution is 8.17. The Hall–Kier alpha value is -1.82. The number of nitrogens with zero attached hydrogens (tertiary/aromatic N) is 2. The van der Waals surface area contributed by atoms with Crippen molar-refractivity contribution in [1.29, 1.82) is 0 Å². The van der Waals surface area contributed by atoms with Crippen LogP contribution in [0.5, 0.6) is 5.75 Å². The number of phenolic OH excluding ortho intramolecular Hbond substituents is 1. The summed E-state index contributed by atoms with van der Waals surface area (Å²) < 4.78 is 0. The number of nitro groups is 1. The van der Waals surface area contributed by atoms with Crippen LogP contribution in [-0.2, 0) is 0 Å². The highest BCUT2D eigenvalue weighted by Crippen LogP contribution is 2.34. The van der Waals surface area contributed by atoms with Gasteiger partial charge >= 0.3 is 0 Å². The van der Waals surface area contributed by atoms with E-state index in [1.165, 1.54) is 30.0 Å².